The number of hydrogen-bond donors (Lipinski definition) is 1. The van der Waals surface area contributed by atoms with Gasteiger partial charge in [-0.2, -0.15) is 0 Å². The van der Waals surface area contributed by atoms with Crippen LogP contribution in [0, 0.1) is 0 Å². The van der Waals surface area contributed by atoms with Crippen molar-refractivity contribution >= 4 is 11.4 Å². The first-order valence-corrected chi connectivity index (χ1v) is 6.38. The molecule has 1 aliphatic heterocycles. The topological polar surface area (TPSA) is 42.1 Å². The molecule has 0 aliphatic carbocycles. The largest absolute Gasteiger partial charge is 0.399 e. The predicted octanol–water partition coefficient (Wildman–Crippen LogP) is 3.01. The highest BCUT2D eigenvalue weighted by Gasteiger charge is 2.26. The zero-order valence-corrected chi connectivity index (χ0v) is 10.3. The van der Waals surface area contributed by atoms with E-state index in [0.717, 1.165) is 24.3 Å². The molecule has 3 heteroatoms. The Morgan fingerprint density at radius 2 is 2.11 bits per heavy atom. The fourth-order valence-corrected chi connectivity index (χ4v) is 2.66. The maximum atomic E-state index is 5.87. The highest BCUT2D eigenvalue weighted by molar-refractivity contribution is 5.57. The number of nitrogen functional groups attached to an aromatic ring is 1. The Bertz CT molecular complexity index is 524. The van der Waals surface area contributed by atoms with Gasteiger partial charge in [0.1, 0.15) is 0 Å². The third-order valence-corrected chi connectivity index (χ3v) is 3.48. The van der Waals surface area contributed by atoms with Crippen LogP contribution in [0.4, 0.5) is 11.4 Å². The first-order valence-electron chi connectivity index (χ1n) is 6.38. The van der Waals surface area contributed by atoms with E-state index in [1.54, 1.807) is 0 Å². The molecule has 1 atom stereocenters. The number of hydrogen-bond acceptors (Lipinski definition) is 3. The minimum atomic E-state index is 0.382. The van der Waals surface area contributed by atoms with Crippen LogP contribution in [-0.4, -0.2) is 11.5 Å². The van der Waals surface area contributed by atoms with E-state index >= 15 is 0 Å². The lowest BCUT2D eigenvalue weighted by Gasteiger charge is -2.26. The van der Waals surface area contributed by atoms with Crippen LogP contribution in [0.2, 0.25) is 0 Å². The van der Waals surface area contributed by atoms with Gasteiger partial charge in [0.25, 0.3) is 0 Å². The molecule has 2 N–H and O–H groups in total. The third kappa shape index (κ3) is 2.04. The summed E-state index contributed by atoms with van der Waals surface area (Å²) < 4.78 is 0. The summed E-state index contributed by atoms with van der Waals surface area (Å²) in [5.41, 5.74) is 9.03. The summed E-state index contributed by atoms with van der Waals surface area (Å²) in [5, 5.41) is 0. The average molecular weight is 239 g/mol. The molecule has 1 aromatic carbocycles. The fraction of sp³-hybridized carbons (Fsp3) is 0.267. The standard InChI is InChI=1S/C15H17N3/c16-12-5-3-6-13(11-12)18-10-4-8-15(18)14-7-1-2-9-17-14/h1-3,5-7,9,11,15H,4,8,10,16H2. The Morgan fingerprint density at radius 3 is 2.89 bits per heavy atom. The average Bonchev–Trinajstić information content (AvgIpc) is 2.89. The summed E-state index contributed by atoms with van der Waals surface area (Å²) in [7, 11) is 0. The summed E-state index contributed by atoms with van der Waals surface area (Å²) >= 11 is 0. The summed E-state index contributed by atoms with van der Waals surface area (Å²) in [6.07, 6.45) is 4.23. The molecule has 1 aliphatic rings. The van der Waals surface area contributed by atoms with Crippen LogP contribution in [0.15, 0.2) is 48.7 Å². The predicted molar refractivity (Wildman–Crippen MR) is 74.4 cm³/mol. The Kier molecular flexibility index (Phi) is 2.89. The van der Waals surface area contributed by atoms with Gasteiger partial charge in [-0.1, -0.05) is 12.1 Å². The monoisotopic (exact) mass is 239 g/mol. The Hall–Kier alpha value is -2.03. The second-order valence-electron chi connectivity index (χ2n) is 4.70. The van der Waals surface area contributed by atoms with Gasteiger partial charge in [0.2, 0.25) is 0 Å². The summed E-state index contributed by atoms with van der Waals surface area (Å²) in [5.74, 6) is 0. The maximum absolute atomic E-state index is 5.87. The first-order chi connectivity index (χ1) is 8.84. The molecular formula is C15H17N3. The molecule has 18 heavy (non-hydrogen) atoms. The van der Waals surface area contributed by atoms with Crippen LogP contribution < -0.4 is 10.6 Å². The van der Waals surface area contributed by atoms with Crippen LogP contribution in [-0.2, 0) is 0 Å². The van der Waals surface area contributed by atoms with Crippen molar-refractivity contribution in [3.05, 3.63) is 54.4 Å². The van der Waals surface area contributed by atoms with E-state index in [2.05, 4.69) is 28.1 Å². The van der Waals surface area contributed by atoms with E-state index in [4.69, 9.17) is 5.73 Å². The van der Waals surface area contributed by atoms with Crippen molar-refractivity contribution in [2.24, 2.45) is 0 Å². The van der Waals surface area contributed by atoms with Crippen LogP contribution >= 0.6 is 0 Å². The summed E-state index contributed by atoms with van der Waals surface area (Å²) in [4.78, 5) is 6.89. The highest BCUT2D eigenvalue weighted by atomic mass is 15.2. The molecule has 0 bridgehead atoms. The quantitative estimate of drug-likeness (QED) is 0.819. The number of benzene rings is 1. The molecule has 92 valence electrons. The Morgan fingerprint density at radius 1 is 1.17 bits per heavy atom. The normalized spacial score (nSPS) is 19.1. The maximum Gasteiger partial charge on any atom is 0.0714 e. The summed E-state index contributed by atoms with van der Waals surface area (Å²) in [6.45, 7) is 1.07. The van der Waals surface area contributed by atoms with E-state index in [1.165, 1.54) is 12.1 Å². The lowest BCUT2D eigenvalue weighted by atomic mass is 10.1. The Labute approximate surface area is 107 Å². The lowest BCUT2D eigenvalue weighted by molar-refractivity contribution is 0.695. The Balaban J connectivity index is 1.92. The second-order valence-corrected chi connectivity index (χ2v) is 4.70. The molecule has 0 amide bonds. The minimum absolute atomic E-state index is 0.382. The second kappa shape index (κ2) is 4.69. The lowest BCUT2D eigenvalue weighted by Crippen LogP contribution is -2.23. The van der Waals surface area contributed by atoms with E-state index < -0.39 is 0 Å². The van der Waals surface area contributed by atoms with E-state index in [0.29, 0.717) is 6.04 Å². The van der Waals surface area contributed by atoms with Crippen molar-refractivity contribution in [1.82, 2.24) is 4.98 Å². The van der Waals surface area contributed by atoms with Gasteiger partial charge < -0.3 is 10.6 Å². The van der Waals surface area contributed by atoms with Crippen molar-refractivity contribution in [3.8, 4) is 0 Å². The highest BCUT2D eigenvalue weighted by Crippen LogP contribution is 2.35. The van der Waals surface area contributed by atoms with Crippen molar-refractivity contribution in [2.45, 2.75) is 18.9 Å². The molecule has 0 spiro atoms. The smallest absolute Gasteiger partial charge is 0.0714 e. The summed E-state index contributed by atoms with van der Waals surface area (Å²) in [6, 6.07) is 14.6. The van der Waals surface area contributed by atoms with Crippen molar-refractivity contribution in [1.29, 1.82) is 0 Å². The number of rotatable bonds is 2. The minimum Gasteiger partial charge on any atom is -0.399 e. The van der Waals surface area contributed by atoms with Gasteiger partial charge in [0.15, 0.2) is 0 Å². The van der Waals surface area contributed by atoms with Gasteiger partial charge in [-0.25, -0.2) is 0 Å². The van der Waals surface area contributed by atoms with Crippen molar-refractivity contribution in [3.63, 3.8) is 0 Å². The van der Waals surface area contributed by atoms with Gasteiger partial charge in [-0.3, -0.25) is 4.98 Å². The molecule has 2 heterocycles. The van der Waals surface area contributed by atoms with Crippen LogP contribution in [0.1, 0.15) is 24.6 Å². The van der Waals surface area contributed by atoms with Gasteiger partial charge >= 0.3 is 0 Å². The van der Waals surface area contributed by atoms with Crippen molar-refractivity contribution < 1.29 is 0 Å². The SMILES string of the molecule is Nc1cccc(N2CCCC2c2ccccn2)c1. The number of anilines is 2. The van der Waals surface area contributed by atoms with Gasteiger partial charge in [-0.05, 0) is 43.2 Å². The molecule has 2 aromatic rings. The first kappa shape index (κ1) is 11.1. The molecule has 1 unspecified atom stereocenters. The molecule has 0 saturated carbocycles. The fourth-order valence-electron chi connectivity index (χ4n) is 2.66. The number of nitrogens with two attached hydrogens (primary N) is 1. The zero-order valence-electron chi connectivity index (χ0n) is 10.3. The molecule has 1 aromatic heterocycles. The number of pyridine rings is 1. The van der Waals surface area contributed by atoms with E-state index in [1.807, 2.05) is 30.5 Å². The van der Waals surface area contributed by atoms with Crippen molar-refractivity contribution in [2.75, 3.05) is 17.2 Å². The molecule has 3 rings (SSSR count). The molecule has 3 nitrogen and oxygen atoms in total. The van der Waals surface area contributed by atoms with Gasteiger partial charge in [0, 0.05) is 24.1 Å². The molecule has 1 fully saturated rings. The molecule has 1 saturated heterocycles. The molecule has 0 radical (unpaired) electrons. The zero-order chi connectivity index (χ0) is 12.4. The van der Waals surface area contributed by atoms with Crippen LogP contribution in [0.3, 0.4) is 0 Å². The third-order valence-electron chi connectivity index (χ3n) is 3.48. The van der Waals surface area contributed by atoms with Crippen LogP contribution in [0.25, 0.3) is 0 Å². The van der Waals surface area contributed by atoms with E-state index in [-0.39, 0.29) is 0 Å². The van der Waals surface area contributed by atoms with Crippen LogP contribution in [0.5, 0.6) is 0 Å². The van der Waals surface area contributed by atoms with E-state index in [9.17, 15) is 0 Å². The number of nitrogens with zero attached hydrogens (tertiary/aromatic N) is 2. The van der Waals surface area contributed by atoms with Gasteiger partial charge in [0.05, 0.1) is 11.7 Å². The molecular weight excluding hydrogens is 222 g/mol. The number of aromatic nitrogens is 1. The van der Waals surface area contributed by atoms with Gasteiger partial charge in [-0.15, -0.1) is 0 Å².